The molecule has 0 saturated carbocycles. The van der Waals surface area contributed by atoms with Crippen LogP contribution in [0, 0.1) is 13.8 Å². The Hall–Kier alpha value is -1.89. The summed E-state index contributed by atoms with van der Waals surface area (Å²) in [5, 5.41) is 2.91. The first-order valence-corrected chi connectivity index (χ1v) is 6.81. The number of esters is 1. The summed E-state index contributed by atoms with van der Waals surface area (Å²) in [5.41, 5.74) is 7.11. The number of anilines is 1. The highest BCUT2D eigenvalue weighted by Crippen LogP contribution is 2.19. The Kier molecular flexibility index (Phi) is 3.84. The summed E-state index contributed by atoms with van der Waals surface area (Å²) in [4.78, 5) is 20.2. The second-order valence-corrected chi connectivity index (χ2v) is 5.02. The maximum absolute atomic E-state index is 11.7. The predicted molar refractivity (Wildman–Crippen MR) is 73.3 cm³/mol. The highest BCUT2D eigenvalue weighted by atomic mass is 32.1. The van der Waals surface area contributed by atoms with Crippen LogP contribution in [0.2, 0.25) is 0 Å². The van der Waals surface area contributed by atoms with Crippen molar-refractivity contribution in [1.82, 2.24) is 14.5 Å². The highest BCUT2D eigenvalue weighted by molar-refractivity contribution is 7.09. The van der Waals surface area contributed by atoms with Gasteiger partial charge in [-0.2, -0.15) is 0 Å². The van der Waals surface area contributed by atoms with Crippen LogP contribution < -0.4 is 5.73 Å². The van der Waals surface area contributed by atoms with Crippen LogP contribution in [0.5, 0.6) is 0 Å². The standard InChI is InChI=1S/C12H16N4O2S/c1-4-18-12(17)10-11(13)16(8(3)15-10)5-9-14-7(2)6-19-9/h6H,4-5,13H2,1-3H3. The summed E-state index contributed by atoms with van der Waals surface area (Å²) in [6.45, 7) is 6.31. The number of nitrogens with zero attached hydrogens (tertiary/aromatic N) is 3. The van der Waals surface area contributed by atoms with E-state index in [4.69, 9.17) is 10.5 Å². The maximum Gasteiger partial charge on any atom is 0.360 e. The van der Waals surface area contributed by atoms with Crippen LogP contribution in [0.4, 0.5) is 5.82 Å². The molecule has 0 radical (unpaired) electrons. The topological polar surface area (TPSA) is 83.0 Å². The van der Waals surface area contributed by atoms with Crippen LogP contribution in [0.25, 0.3) is 0 Å². The van der Waals surface area contributed by atoms with Gasteiger partial charge in [0.05, 0.1) is 13.2 Å². The van der Waals surface area contributed by atoms with Gasteiger partial charge in [0.25, 0.3) is 0 Å². The van der Waals surface area contributed by atoms with Crippen molar-refractivity contribution in [1.29, 1.82) is 0 Å². The summed E-state index contributed by atoms with van der Waals surface area (Å²) in [5.74, 6) is 0.509. The number of aryl methyl sites for hydroxylation is 2. The number of rotatable bonds is 4. The van der Waals surface area contributed by atoms with E-state index in [1.165, 1.54) is 0 Å². The van der Waals surface area contributed by atoms with Gasteiger partial charge in [-0.25, -0.2) is 14.8 Å². The number of hydrogen-bond acceptors (Lipinski definition) is 6. The fourth-order valence-electron chi connectivity index (χ4n) is 1.74. The molecule has 0 aromatic carbocycles. The van der Waals surface area contributed by atoms with Gasteiger partial charge in [0.15, 0.2) is 5.69 Å². The summed E-state index contributed by atoms with van der Waals surface area (Å²) in [6, 6.07) is 0. The number of nitrogens with two attached hydrogens (primary N) is 1. The first kappa shape index (κ1) is 13.5. The molecule has 6 nitrogen and oxygen atoms in total. The fourth-order valence-corrected chi connectivity index (χ4v) is 2.50. The number of hydrogen-bond donors (Lipinski definition) is 1. The normalized spacial score (nSPS) is 10.7. The summed E-state index contributed by atoms with van der Waals surface area (Å²) in [6.07, 6.45) is 0. The lowest BCUT2D eigenvalue weighted by atomic mass is 10.4. The number of carbonyl (C=O) groups excluding carboxylic acids is 1. The van der Waals surface area contributed by atoms with Gasteiger partial charge in [-0.3, -0.25) is 0 Å². The van der Waals surface area contributed by atoms with Crippen LogP contribution in [-0.4, -0.2) is 27.1 Å². The van der Waals surface area contributed by atoms with Crippen molar-refractivity contribution < 1.29 is 9.53 Å². The van der Waals surface area contributed by atoms with Crippen LogP contribution in [0.3, 0.4) is 0 Å². The molecular formula is C12H16N4O2S. The quantitative estimate of drug-likeness (QED) is 0.863. The molecule has 0 amide bonds. The van der Waals surface area contributed by atoms with Gasteiger partial charge >= 0.3 is 5.97 Å². The third kappa shape index (κ3) is 2.76. The molecule has 19 heavy (non-hydrogen) atoms. The van der Waals surface area contributed by atoms with Crippen molar-refractivity contribution in [3.8, 4) is 0 Å². The molecule has 7 heteroatoms. The smallest absolute Gasteiger partial charge is 0.360 e. The van der Waals surface area contributed by atoms with Gasteiger partial charge < -0.3 is 15.0 Å². The van der Waals surface area contributed by atoms with Gasteiger partial charge in [0, 0.05) is 11.1 Å². The monoisotopic (exact) mass is 280 g/mol. The van der Waals surface area contributed by atoms with Gasteiger partial charge in [-0.15, -0.1) is 11.3 Å². The molecule has 0 unspecified atom stereocenters. The predicted octanol–water partition coefficient (Wildman–Crippen LogP) is 1.76. The zero-order chi connectivity index (χ0) is 14.0. The van der Waals surface area contributed by atoms with Crippen molar-refractivity contribution in [3.63, 3.8) is 0 Å². The largest absolute Gasteiger partial charge is 0.461 e. The molecule has 0 aliphatic carbocycles. The Morgan fingerprint density at radius 1 is 1.47 bits per heavy atom. The molecule has 0 aliphatic rings. The minimum Gasteiger partial charge on any atom is -0.461 e. The first-order chi connectivity index (χ1) is 9.02. The second-order valence-electron chi connectivity index (χ2n) is 4.08. The molecule has 0 fully saturated rings. The zero-order valence-electron chi connectivity index (χ0n) is 11.1. The molecular weight excluding hydrogens is 264 g/mol. The number of ether oxygens (including phenoxy) is 1. The van der Waals surface area contributed by atoms with Gasteiger partial charge in [0.2, 0.25) is 0 Å². The molecule has 0 spiro atoms. The van der Waals surface area contributed by atoms with E-state index in [-0.39, 0.29) is 5.69 Å². The van der Waals surface area contributed by atoms with Crippen molar-refractivity contribution in [3.05, 3.63) is 27.6 Å². The van der Waals surface area contributed by atoms with Crippen molar-refractivity contribution in [2.45, 2.75) is 27.3 Å². The average molecular weight is 280 g/mol. The molecule has 102 valence electrons. The van der Waals surface area contributed by atoms with E-state index < -0.39 is 5.97 Å². The van der Waals surface area contributed by atoms with Crippen LogP contribution in [0.1, 0.15) is 33.9 Å². The Morgan fingerprint density at radius 3 is 2.79 bits per heavy atom. The van der Waals surface area contributed by atoms with Crippen LogP contribution in [0.15, 0.2) is 5.38 Å². The molecule has 0 bridgehead atoms. The van der Waals surface area contributed by atoms with E-state index in [9.17, 15) is 4.79 Å². The minimum atomic E-state index is -0.489. The van der Waals surface area contributed by atoms with Crippen molar-refractivity contribution in [2.75, 3.05) is 12.3 Å². The van der Waals surface area contributed by atoms with Crippen molar-refractivity contribution in [2.24, 2.45) is 0 Å². The number of nitrogen functional groups attached to an aromatic ring is 1. The van der Waals surface area contributed by atoms with Gasteiger partial charge in [0.1, 0.15) is 16.6 Å². The summed E-state index contributed by atoms with van der Waals surface area (Å²) >= 11 is 1.56. The van der Waals surface area contributed by atoms with E-state index in [0.29, 0.717) is 24.8 Å². The summed E-state index contributed by atoms with van der Waals surface area (Å²) in [7, 11) is 0. The third-order valence-corrected chi connectivity index (χ3v) is 3.58. The first-order valence-electron chi connectivity index (χ1n) is 5.93. The lowest BCUT2D eigenvalue weighted by Crippen LogP contribution is -2.10. The SMILES string of the molecule is CCOC(=O)c1nc(C)n(Cc2nc(C)cs2)c1N. The molecule has 2 N–H and O–H groups in total. The Morgan fingerprint density at radius 2 is 2.21 bits per heavy atom. The van der Waals surface area contributed by atoms with Crippen LogP contribution >= 0.6 is 11.3 Å². The van der Waals surface area contributed by atoms with Crippen molar-refractivity contribution >= 4 is 23.1 Å². The molecule has 2 aromatic heterocycles. The van der Waals surface area contributed by atoms with Gasteiger partial charge in [-0.05, 0) is 20.8 Å². The fraction of sp³-hybridized carbons (Fsp3) is 0.417. The highest BCUT2D eigenvalue weighted by Gasteiger charge is 2.20. The third-order valence-electron chi connectivity index (χ3n) is 2.63. The number of thiazole rings is 1. The zero-order valence-corrected chi connectivity index (χ0v) is 12.0. The maximum atomic E-state index is 11.7. The molecule has 2 aromatic rings. The molecule has 0 atom stereocenters. The Labute approximate surface area is 115 Å². The average Bonchev–Trinajstić information content (AvgIpc) is 2.88. The molecule has 2 rings (SSSR count). The number of imidazole rings is 1. The van der Waals surface area contributed by atoms with E-state index in [1.54, 1.807) is 29.8 Å². The second kappa shape index (κ2) is 5.40. The number of carbonyl (C=O) groups is 1. The summed E-state index contributed by atoms with van der Waals surface area (Å²) < 4.78 is 6.69. The molecule has 0 aliphatic heterocycles. The van der Waals surface area contributed by atoms with E-state index in [0.717, 1.165) is 10.7 Å². The lowest BCUT2D eigenvalue weighted by Gasteiger charge is -2.05. The lowest BCUT2D eigenvalue weighted by molar-refractivity contribution is 0.0521. The Bertz CT molecular complexity index is 603. The minimum absolute atomic E-state index is 0.174. The molecule has 0 saturated heterocycles. The van der Waals surface area contributed by atoms with Crippen LogP contribution in [-0.2, 0) is 11.3 Å². The Balaban J connectivity index is 2.29. The molecule has 2 heterocycles. The van der Waals surface area contributed by atoms with Gasteiger partial charge in [-0.1, -0.05) is 0 Å². The van der Waals surface area contributed by atoms with E-state index in [2.05, 4.69) is 9.97 Å². The number of aromatic nitrogens is 3. The van der Waals surface area contributed by atoms with E-state index >= 15 is 0 Å². The van der Waals surface area contributed by atoms with E-state index in [1.807, 2.05) is 12.3 Å².